The van der Waals surface area contributed by atoms with Gasteiger partial charge in [-0.05, 0) is 12.8 Å². The minimum atomic E-state index is -0.464. The van der Waals surface area contributed by atoms with Crippen LogP contribution >= 0.6 is 0 Å². The monoisotopic (exact) mass is 172 g/mol. The molecule has 0 heterocycles. The van der Waals surface area contributed by atoms with Crippen LogP contribution in [-0.4, -0.2) is 12.6 Å². The fourth-order valence-corrected chi connectivity index (χ4v) is 0.502. The van der Waals surface area contributed by atoms with E-state index in [2.05, 4.69) is 16.4 Å². The van der Waals surface area contributed by atoms with Crippen LogP contribution in [0.15, 0.2) is 12.2 Å². The van der Waals surface area contributed by atoms with E-state index in [9.17, 15) is 4.79 Å². The van der Waals surface area contributed by atoms with E-state index in [4.69, 9.17) is 0 Å². The molecule has 0 radical (unpaired) electrons. The van der Waals surface area contributed by atoms with E-state index < -0.39 is 5.97 Å². The number of carbonyl (C=O) groups is 1. The number of hydrogen-bond acceptors (Lipinski definition) is 3. The van der Waals surface area contributed by atoms with Crippen LogP contribution in [0.3, 0.4) is 0 Å². The summed E-state index contributed by atoms with van der Waals surface area (Å²) < 4.78 is 0. The van der Waals surface area contributed by atoms with Crippen molar-refractivity contribution in [1.82, 2.24) is 0 Å². The lowest BCUT2D eigenvalue weighted by molar-refractivity contribution is -0.268. The minimum Gasteiger partial charge on any atom is -0.293 e. The lowest BCUT2D eigenvalue weighted by Crippen LogP contribution is -2.07. The minimum absolute atomic E-state index is 0.437. The largest absolute Gasteiger partial charge is 0.368 e. The normalized spacial score (nSPS) is 9.50. The maximum absolute atomic E-state index is 10.9. The fraction of sp³-hybridized carbons (Fsp3) is 0.667. The first-order chi connectivity index (χ1) is 5.72. The topological polar surface area (TPSA) is 35.5 Å². The van der Waals surface area contributed by atoms with Crippen molar-refractivity contribution in [3.8, 4) is 0 Å². The summed E-state index contributed by atoms with van der Waals surface area (Å²) in [5.41, 5.74) is 0.437. The summed E-state index contributed by atoms with van der Waals surface area (Å²) in [5.74, 6) is -0.464. The molecular formula is C9H16O3. The first-order valence-electron chi connectivity index (χ1n) is 4.23. The van der Waals surface area contributed by atoms with Crippen molar-refractivity contribution in [3.63, 3.8) is 0 Å². The number of unbranched alkanes of at least 4 members (excludes halogenated alkanes) is 1. The van der Waals surface area contributed by atoms with Gasteiger partial charge in [0.05, 0.1) is 6.61 Å². The van der Waals surface area contributed by atoms with Gasteiger partial charge >= 0.3 is 5.97 Å². The van der Waals surface area contributed by atoms with Gasteiger partial charge in [-0.2, -0.15) is 4.89 Å². The predicted octanol–water partition coefficient (Wildman–Crippen LogP) is 2.23. The van der Waals surface area contributed by atoms with Crippen molar-refractivity contribution in [3.05, 3.63) is 12.2 Å². The molecule has 0 N–H and O–H groups in total. The van der Waals surface area contributed by atoms with Gasteiger partial charge in [0, 0.05) is 5.57 Å². The zero-order valence-corrected chi connectivity index (χ0v) is 7.76. The molecule has 0 spiro atoms. The molecule has 0 saturated heterocycles. The molecule has 0 aromatic carbocycles. The van der Waals surface area contributed by atoms with Crippen LogP contribution in [0.5, 0.6) is 0 Å². The highest BCUT2D eigenvalue weighted by Crippen LogP contribution is 2.00. The summed E-state index contributed by atoms with van der Waals surface area (Å²) in [5, 5.41) is 0. The molecule has 3 heteroatoms. The van der Waals surface area contributed by atoms with Gasteiger partial charge in [-0.25, -0.2) is 4.79 Å². The van der Waals surface area contributed by atoms with Gasteiger partial charge in [0.15, 0.2) is 0 Å². The maximum atomic E-state index is 10.9. The average Bonchev–Trinajstić information content (AvgIpc) is 2.10. The van der Waals surface area contributed by atoms with E-state index in [1.54, 1.807) is 0 Å². The van der Waals surface area contributed by atoms with Crippen LogP contribution in [0, 0.1) is 0 Å². The second-order valence-electron chi connectivity index (χ2n) is 2.50. The molecule has 0 unspecified atom stereocenters. The third kappa shape index (κ3) is 4.91. The van der Waals surface area contributed by atoms with E-state index >= 15 is 0 Å². The van der Waals surface area contributed by atoms with Crippen LogP contribution in [0.2, 0.25) is 0 Å². The Bertz CT molecular complexity index is 152. The first kappa shape index (κ1) is 11.2. The summed E-state index contributed by atoms with van der Waals surface area (Å²) >= 11 is 0. The molecule has 0 aliphatic rings. The Balaban J connectivity index is 3.38. The second kappa shape index (κ2) is 6.85. The van der Waals surface area contributed by atoms with Gasteiger partial charge in [-0.15, -0.1) is 0 Å². The average molecular weight is 172 g/mol. The summed E-state index contributed by atoms with van der Waals surface area (Å²) in [6, 6.07) is 0. The van der Waals surface area contributed by atoms with Crippen molar-refractivity contribution >= 4 is 5.97 Å². The summed E-state index contributed by atoms with van der Waals surface area (Å²) in [6.45, 7) is 7.86. The van der Waals surface area contributed by atoms with Crippen molar-refractivity contribution in [2.75, 3.05) is 6.61 Å². The van der Waals surface area contributed by atoms with Crippen molar-refractivity contribution in [1.29, 1.82) is 0 Å². The first-order valence-corrected chi connectivity index (χ1v) is 4.23. The van der Waals surface area contributed by atoms with E-state index in [-0.39, 0.29) is 0 Å². The number of carbonyl (C=O) groups excluding carboxylic acids is 1. The molecule has 3 nitrogen and oxygen atoms in total. The Labute approximate surface area is 73.3 Å². The highest BCUT2D eigenvalue weighted by molar-refractivity contribution is 5.87. The summed E-state index contributed by atoms with van der Waals surface area (Å²) in [6.07, 6.45) is 2.51. The molecule has 0 atom stereocenters. The van der Waals surface area contributed by atoms with Crippen molar-refractivity contribution < 1.29 is 14.6 Å². The Morgan fingerprint density at radius 3 is 2.58 bits per heavy atom. The second-order valence-corrected chi connectivity index (χ2v) is 2.50. The van der Waals surface area contributed by atoms with Crippen LogP contribution < -0.4 is 0 Å². The van der Waals surface area contributed by atoms with E-state index in [0.29, 0.717) is 18.6 Å². The van der Waals surface area contributed by atoms with Crippen LogP contribution in [0.25, 0.3) is 0 Å². The number of hydrogen-bond donors (Lipinski definition) is 0. The van der Waals surface area contributed by atoms with Gasteiger partial charge in [-0.1, -0.05) is 26.8 Å². The summed E-state index contributed by atoms with van der Waals surface area (Å²) in [7, 11) is 0. The third-order valence-corrected chi connectivity index (χ3v) is 1.43. The van der Waals surface area contributed by atoms with E-state index in [0.717, 1.165) is 12.8 Å². The fourth-order valence-electron chi connectivity index (χ4n) is 0.502. The predicted molar refractivity (Wildman–Crippen MR) is 46.4 cm³/mol. The molecule has 0 rings (SSSR count). The lowest BCUT2D eigenvalue weighted by Gasteiger charge is -2.02. The molecule has 0 bridgehead atoms. The molecule has 0 aromatic rings. The molecule has 0 saturated carbocycles. The lowest BCUT2D eigenvalue weighted by atomic mass is 10.2. The highest BCUT2D eigenvalue weighted by atomic mass is 17.2. The Morgan fingerprint density at radius 2 is 2.08 bits per heavy atom. The van der Waals surface area contributed by atoms with Gasteiger partial charge in [-0.3, -0.25) is 4.89 Å². The van der Waals surface area contributed by atoms with Gasteiger partial charge in [0.25, 0.3) is 0 Å². The molecule has 0 fully saturated rings. The van der Waals surface area contributed by atoms with Gasteiger partial charge < -0.3 is 0 Å². The molecular weight excluding hydrogens is 156 g/mol. The van der Waals surface area contributed by atoms with Crippen LogP contribution in [-0.2, 0) is 14.6 Å². The molecule has 0 aliphatic carbocycles. The van der Waals surface area contributed by atoms with Crippen molar-refractivity contribution in [2.24, 2.45) is 0 Å². The van der Waals surface area contributed by atoms with Gasteiger partial charge in [0.1, 0.15) is 0 Å². The zero-order chi connectivity index (χ0) is 9.40. The van der Waals surface area contributed by atoms with E-state index in [1.165, 1.54) is 0 Å². The quantitative estimate of drug-likeness (QED) is 0.267. The Hall–Kier alpha value is -0.830. The highest BCUT2D eigenvalue weighted by Gasteiger charge is 2.06. The van der Waals surface area contributed by atoms with E-state index in [1.807, 2.05) is 13.8 Å². The Kier molecular flexibility index (Phi) is 6.38. The van der Waals surface area contributed by atoms with Crippen LogP contribution in [0.4, 0.5) is 0 Å². The smallest absolute Gasteiger partial charge is 0.293 e. The molecule has 12 heavy (non-hydrogen) atoms. The third-order valence-electron chi connectivity index (χ3n) is 1.43. The Morgan fingerprint density at radius 1 is 1.42 bits per heavy atom. The SMILES string of the molecule is C=C(CC)C(=O)OOCCCC. The van der Waals surface area contributed by atoms with Crippen LogP contribution in [0.1, 0.15) is 33.1 Å². The number of rotatable bonds is 6. The molecule has 70 valence electrons. The van der Waals surface area contributed by atoms with Gasteiger partial charge in [0.2, 0.25) is 0 Å². The molecule has 0 aromatic heterocycles. The van der Waals surface area contributed by atoms with Crippen molar-refractivity contribution in [2.45, 2.75) is 33.1 Å². The zero-order valence-electron chi connectivity index (χ0n) is 7.76. The maximum Gasteiger partial charge on any atom is 0.368 e. The molecule has 0 amide bonds. The summed E-state index contributed by atoms with van der Waals surface area (Å²) in [4.78, 5) is 20.0. The standard InChI is InChI=1S/C9H16O3/c1-4-6-7-11-12-9(10)8(3)5-2/h3-7H2,1-2H3. The molecule has 0 aliphatic heterocycles.